The fraction of sp³-hybridized carbons (Fsp3) is 0.625. The van der Waals surface area contributed by atoms with Crippen molar-refractivity contribution < 1.29 is 4.74 Å². The molecule has 18 heavy (non-hydrogen) atoms. The average Bonchev–Trinajstić information content (AvgIpc) is 2.34. The molecular weight excluding hydrogens is 222 g/mol. The van der Waals surface area contributed by atoms with Gasteiger partial charge in [0.2, 0.25) is 0 Å². The lowest BCUT2D eigenvalue weighted by molar-refractivity contribution is 0.188. The maximum absolute atomic E-state index is 5.15. The topological polar surface area (TPSA) is 21.3 Å². The van der Waals surface area contributed by atoms with Gasteiger partial charge in [-0.25, -0.2) is 0 Å². The van der Waals surface area contributed by atoms with Gasteiger partial charge in [-0.15, -0.1) is 0 Å². The van der Waals surface area contributed by atoms with E-state index in [1.807, 2.05) is 0 Å². The van der Waals surface area contributed by atoms with E-state index in [9.17, 15) is 0 Å². The van der Waals surface area contributed by atoms with Gasteiger partial charge in [0, 0.05) is 19.8 Å². The Kier molecular flexibility index (Phi) is 6.99. The normalized spacial score (nSPS) is 12.7. The molecule has 0 bridgehead atoms. The number of ether oxygens (including phenoxy) is 1. The van der Waals surface area contributed by atoms with Crippen molar-refractivity contribution in [3.8, 4) is 0 Å². The molecule has 0 saturated heterocycles. The fourth-order valence-electron chi connectivity index (χ4n) is 2.33. The Hall–Kier alpha value is -0.860. The summed E-state index contributed by atoms with van der Waals surface area (Å²) in [6.45, 7) is 8.48. The molecule has 1 aromatic carbocycles. The van der Waals surface area contributed by atoms with Crippen LogP contribution in [0.15, 0.2) is 18.2 Å². The Labute approximate surface area is 112 Å². The van der Waals surface area contributed by atoms with Crippen LogP contribution in [-0.4, -0.2) is 20.3 Å². The molecule has 0 radical (unpaired) electrons. The Morgan fingerprint density at radius 1 is 1.28 bits per heavy atom. The van der Waals surface area contributed by atoms with Crippen LogP contribution >= 0.6 is 0 Å². The molecule has 0 fully saturated rings. The number of rotatable bonds is 8. The summed E-state index contributed by atoms with van der Waals surface area (Å²) < 4.78 is 5.15. The van der Waals surface area contributed by atoms with E-state index in [4.69, 9.17) is 4.74 Å². The summed E-state index contributed by atoms with van der Waals surface area (Å²) in [5.74, 6) is 0. The summed E-state index contributed by atoms with van der Waals surface area (Å²) in [7, 11) is 1.77. The smallest absolute Gasteiger partial charge is 0.0462 e. The summed E-state index contributed by atoms with van der Waals surface area (Å²) in [5.41, 5.74) is 4.16. The first-order valence-electron chi connectivity index (χ1n) is 6.98. The highest BCUT2D eigenvalue weighted by Gasteiger charge is 2.12. The summed E-state index contributed by atoms with van der Waals surface area (Å²) in [6, 6.07) is 7.21. The van der Waals surface area contributed by atoms with Crippen molar-refractivity contribution in [2.24, 2.45) is 0 Å². The molecule has 1 unspecified atom stereocenters. The Morgan fingerprint density at radius 2 is 2.06 bits per heavy atom. The highest BCUT2D eigenvalue weighted by atomic mass is 16.5. The number of benzene rings is 1. The molecule has 0 saturated carbocycles. The van der Waals surface area contributed by atoms with Crippen molar-refractivity contribution in [3.63, 3.8) is 0 Å². The fourth-order valence-corrected chi connectivity index (χ4v) is 2.33. The van der Waals surface area contributed by atoms with E-state index in [1.54, 1.807) is 7.11 Å². The SMILES string of the molecule is CCCNC(CCCOC)c1ccc(C)cc1C. The lowest BCUT2D eigenvalue weighted by atomic mass is 9.96. The first kappa shape index (κ1) is 15.2. The van der Waals surface area contributed by atoms with E-state index in [0.29, 0.717) is 6.04 Å². The van der Waals surface area contributed by atoms with Crippen molar-refractivity contribution in [3.05, 3.63) is 34.9 Å². The molecule has 2 nitrogen and oxygen atoms in total. The third kappa shape index (κ3) is 4.79. The van der Waals surface area contributed by atoms with Gasteiger partial charge in [-0.05, 0) is 50.8 Å². The molecule has 0 aliphatic heterocycles. The second-order valence-corrected chi connectivity index (χ2v) is 5.00. The minimum Gasteiger partial charge on any atom is -0.385 e. The zero-order valence-corrected chi connectivity index (χ0v) is 12.3. The molecule has 1 atom stereocenters. The van der Waals surface area contributed by atoms with Crippen molar-refractivity contribution >= 4 is 0 Å². The largest absolute Gasteiger partial charge is 0.385 e. The molecule has 0 aliphatic rings. The molecule has 1 N–H and O–H groups in total. The van der Waals surface area contributed by atoms with Crippen LogP contribution in [0.2, 0.25) is 0 Å². The predicted octanol–water partition coefficient (Wildman–Crippen LogP) is 3.77. The number of hydrogen-bond acceptors (Lipinski definition) is 2. The van der Waals surface area contributed by atoms with Crippen LogP contribution in [0, 0.1) is 13.8 Å². The molecule has 0 heterocycles. The van der Waals surface area contributed by atoms with E-state index in [0.717, 1.165) is 26.0 Å². The van der Waals surface area contributed by atoms with Gasteiger partial charge >= 0.3 is 0 Å². The Bertz CT molecular complexity index is 349. The van der Waals surface area contributed by atoms with E-state index in [-0.39, 0.29) is 0 Å². The van der Waals surface area contributed by atoms with Crippen LogP contribution in [0.3, 0.4) is 0 Å². The summed E-state index contributed by atoms with van der Waals surface area (Å²) in [5, 5.41) is 3.65. The standard InChI is InChI=1S/C16H27NO/c1-5-10-17-16(7-6-11-18-4)15-9-8-13(2)12-14(15)3/h8-9,12,16-17H,5-7,10-11H2,1-4H3. The molecule has 0 spiro atoms. The van der Waals surface area contributed by atoms with Gasteiger partial charge in [0.05, 0.1) is 0 Å². The van der Waals surface area contributed by atoms with Crippen molar-refractivity contribution in [1.29, 1.82) is 0 Å². The number of aryl methyl sites for hydroxylation is 2. The number of methoxy groups -OCH3 is 1. The van der Waals surface area contributed by atoms with Gasteiger partial charge in [0.1, 0.15) is 0 Å². The first-order valence-corrected chi connectivity index (χ1v) is 6.98. The molecule has 0 aliphatic carbocycles. The van der Waals surface area contributed by atoms with Gasteiger partial charge < -0.3 is 10.1 Å². The van der Waals surface area contributed by atoms with Crippen LogP contribution < -0.4 is 5.32 Å². The average molecular weight is 249 g/mol. The lowest BCUT2D eigenvalue weighted by Crippen LogP contribution is -2.23. The second kappa shape index (κ2) is 8.28. The predicted molar refractivity (Wildman–Crippen MR) is 78.1 cm³/mol. The van der Waals surface area contributed by atoms with Gasteiger partial charge in [0.25, 0.3) is 0 Å². The third-order valence-corrected chi connectivity index (χ3v) is 3.28. The molecular formula is C16H27NO. The monoisotopic (exact) mass is 249 g/mol. The number of hydrogen-bond donors (Lipinski definition) is 1. The van der Waals surface area contributed by atoms with Crippen LogP contribution in [0.25, 0.3) is 0 Å². The molecule has 1 aromatic rings. The van der Waals surface area contributed by atoms with Crippen molar-refractivity contribution in [1.82, 2.24) is 5.32 Å². The summed E-state index contributed by atoms with van der Waals surface area (Å²) in [4.78, 5) is 0. The zero-order valence-electron chi connectivity index (χ0n) is 12.3. The molecule has 0 amide bonds. The van der Waals surface area contributed by atoms with Crippen LogP contribution in [0.5, 0.6) is 0 Å². The van der Waals surface area contributed by atoms with E-state index < -0.39 is 0 Å². The van der Waals surface area contributed by atoms with Gasteiger partial charge in [-0.1, -0.05) is 30.7 Å². The highest BCUT2D eigenvalue weighted by molar-refractivity contribution is 5.32. The lowest BCUT2D eigenvalue weighted by Gasteiger charge is -2.21. The van der Waals surface area contributed by atoms with Crippen LogP contribution in [0.4, 0.5) is 0 Å². The maximum atomic E-state index is 5.15. The summed E-state index contributed by atoms with van der Waals surface area (Å²) in [6.07, 6.45) is 3.41. The van der Waals surface area contributed by atoms with Gasteiger partial charge in [-0.2, -0.15) is 0 Å². The quantitative estimate of drug-likeness (QED) is 0.708. The van der Waals surface area contributed by atoms with E-state index in [2.05, 4.69) is 44.3 Å². The Balaban J connectivity index is 2.73. The van der Waals surface area contributed by atoms with Crippen LogP contribution in [0.1, 0.15) is 48.9 Å². The van der Waals surface area contributed by atoms with E-state index >= 15 is 0 Å². The zero-order chi connectivity index (χ0) is 13.4. The maximum Gasteiger partial charge on any atom is 0.0462 e. The first-order chi connectivity index (χ1) is 8.69. The van der Waals surface area contributed by atoms with Crippen LogP contribution in [-0.2, 0) is 4.74 Å². The second-order valence-electron chi connectivity index (χ2n) is 5.00. The molecule has 1 rings (SSSR count). The van der Waals surface area contributed by atoms with E-state index in [1.165, 1.54) is 23.1 Å². The molecule has 0 aromatic heterocycles. The Morgan fingerprint density at radius 3 is 2.67 bits per heavy atom. The molecule has 102 valence electrons. The summed E-state index contributed by atoms with van der Waals surface area (Å²) >= 11 is 0. The van der Waals surface area contributed by atoms with Crippen molar-refractivity contribution in [2.45, 2.75) is 46.1 Å². The highest BCUT2D eigenvalue weighted by Crippen LogP contribution is 2.23. The third-order valence-electron chi connectivity index (χ3n) is 3.28. The van der Waals surface area contributed by atoms with Crippen molar-refractivity contribution in [2.75, 3.05) is 20.3 Å². The minimum atomic E-state index is 0.459. The van der Waals surface area contributed by atoms with Gasteiger partial charge in [0.15, 0.2) is 0 Å². The van der Waals surface area contributed by atoms with Gasteiger partial charge in [-0.3, -0.25) is 0 Å². The minimum absolute atomic E-state index is 0.459. The molecule has 2 heteroatoms. The number of nitrogens with one attached hydrogen (secondary N) is 1.